The van der Waals surface area contributed by atoms with Gasteiger partial charge < -0.3 is 15.4 Å². The molecule has 0 aromatic rings. The SMILES string of the molecule is CS(=O)(=O)N1CC(OCC2CCNCC2)=CC=C1C1=CCNCC1.Cl.Cl. The maximum atomic E-state index is 12.2. The van der Waals surface area contributed by atoms with Crippen molar-refractivity contribution < 1.29 is 13.2 Å². The number of ether oxygens (including phenoxy) is 1. The first-order valence-corrected chi connectivity index (χ1v) is 10.5. The normalized spacial score (nSPS) is 21.6. The van der Waals surface area contributed by atoms with Crippen LogP contribution in [0.2, 0.25) is 0 Å². The zero-order valence-corrected chi connectivity index (χ0v) is 17.5. The topological polar surface area (TPSA) is 70.7 Å². The van der Waals surface area contributed by atoms with E-state index in [0.717, 1.165) is 62.5 Å². The molecule has 1 fully saturated rings. The van der Waals surface area contributed by atoms with Gasteiger partial charge in [0.1, 0.15) is 5.76 Å². The van der Waals surface area contributed by atoms with Crippen LogP contribution in [0.5, 0.6) is 0 Å². The van der Waals surface area contributed by atoms with Crippen molar-refractivity contribution in [2.24, 2.45) is 5.92 Å². The molecule has 26 heavy (non-hydrogen) atoms. The number of hydrogen-bond donors (Lipinski definition) is 2. The zero-order valence-electron chi connectivity index (χ0n) is 15.1. The molecule has 3 heterocycles. The van der Waals surface area contributed by atoms with Crippen LogP contribution in [0.4, 0.5) is 0 Å². The summed E-state index contributed by atoms with van der Waals surface area (Å²) in [6, 6.07) is 0. The summed E-state index contributed by atoms with van der Waals surface area (Å²) in [6.07, 6.45) is 10.2. The summed E-state index contributed by atoms with van der Waals surface area (Å²) >= 11 is 0. The van der Waals surface area contributed by atoms with Gasteiger partial charge in [-0.2, -0.15) is 0 Å². The van der Waals surface area contributed by atoms with Crippen molar-refractivity contribution in [3.05, 3.63) is 35.3 Å². The fourth-order valence-electron chi connectivity index (χ4n) is 3.32. The molecule has 6 nitrogen and oxygen atoms in total. The molecule has 150 valence electrons. The minimum atomic E-state index is -3.33. The highest BCUT2D eigenvalue weighted by atomic mass is 35.5. The predicted molar refractivity (Wildman–Crippen MR) is 109 cm³/mol. The number of sulfonamides is 1. The van der Waals surface area contributed by atoms with Gasteiger partial charge in [0.25, 0.3) is 0 Å². The zero-order chi connectivity index (χ0) is 17.0. The van der Waals surface area contributed by atoms with Crippen LogP contribution in [0.3, 0.4) is 0 Å². The van der Waals surface area contributed by atoms with Gasteiger partial charge >= 0.3 is 0 Å². The number of hydrogen-bond acceptors (Lipinski definition) is 5. The van der Waals surface area contributed by atoms with Crippen molar-refractivity contribution in [3.8, 4) is 0 Å². The van der Waals surface area contributed by atoms with Crippen LogP contribution in [0.1, 0.15) is 19.3 Å². The summed E-state index contributed by atoms with van der Waals surface area (Å²) in [6.45, 7) is 4.70. The molecular weight excluding hydrogens is 397 g/mol. The number of piperidine rings is 1. The van der Waals surface area contributed by atoms with Crippen LogP contribution in [0, 0.1) is 5.92 Å². The maximum absolute atomic E-state index is 12.2. The van der Waals surface area contributed by atoms with Crippen LogP contribution in [-0.2, 0) is 14.8 Å². The van der Waals surface area contributed by atoms with Gasteiger partial charge in [-0.15, -0.1) is 24.8 Å². The van der Waals surface area contributed by atoms with Gasteiger partial charge in [-0.3, -0.25) is 4.31 Å². The quantitative estimate of drug-likeness (QED) is 0.702. The van der Waals surface area contributed by atoms with E-state index in [4.69, 9.17) is 4.74 Å². The van der Waals surface area contributed by atoms with Crippen LogP contribution < -0.4 is 10.6 Å². The molecule has 3 aliphatic rings. The number of halogens is 2. The lowest BCUT2D eigenvalue weighted by molar-refractivity contribution is 0.136. The van der Waals surface area contributed by atoms with E-state index >= 15 is 0 Å². The summed E-state index contributed by atoms with van der Waals surface area (Å²) in [7, 11) is -3.33. The molecule has 0 radical (unpaired) electrons. The van der Waals surface area contributed by atoms with Crippen LogP contribution in [0.25, 0.3) is 0 Å². The average molecular weight is 426 g/mol. The summed E-state index contributed by atoms with van der Waals surface area (Å²) < 4.78 is 31.9. The number of nitrogens with zero attached hydrogens (tertiary/aromatic N) is 1. The molecule has 2 N–H and O–H groups in total. The van der Waals surface area contributed by atoms with E-state index in [1.54, 1.807) is 0 Å². The molecule has 0 bridgehead atoms. The van der Waals surface area contributed by atoms with Crippen molar-refractivity contribution in [1.82, 2.24) is 14.9 Å². The Bertz CT molecular complexity index is 656. The highest BCUT2D eigenvalue weighted by Gasteiger charge is 2.27. The van der Waals surface area contributed by atoms with E-state index in [2.05, 4.69) is 16.7 Å². The largest absolute Gasteiger partial charge is 0.496 e. The first-order chi connectivity index (χ1) is 11.5. The van der Waals surface area contributed by atoms with E-state index in [-0.39, 0.29) is 24.8 Å². The Morgan fingerprint density at radius 2 is 1.88 bits per heavy atom. The standard InChI is InChI=1S/C17H27N3O3S.2ClH/c1-24(21,22)20-12-16(23-13-14-4-8-18-9-5-14)2-3-17(20)15-6-10-19-11-7-15;;/h2-3,6,14,18-19H,4-5,7-13H2,1H3;2*1H. The lowest BCUT2D eigenvalue weighted by atomic mass is 9.99. The Labute approximate surface area is 169 Å². The van der Waals surface area contributed by atoms with Gasteiger partial charge in [0.2, 0.25) is 10.0 Å². The second-order valence-corrected chi connectivity index (χ2v) is 8.55. The third-order valence-corrected chi connectivity index (χ3v) is 5.88. The van der Waals surface area contributed by atoms with Crippen LogP contribution in [0.15, 0.2) is 35.3 Å². The molecule has 0 saturated carbocycles. The highest BCUT2D eigenvalue weighted by molar-refractivity contribution is 7.88. The molecule has 0 spiro atoms. The summed E-state index contributed by atoms with van der Waals surface area (Å²) in [4.78, 5) is 0. The molecule has 3 aliphatic heterocycles. The Morgan fingerprint density at radius 3 is 2.50 bits per heavy atom. The molecule has 0 unspecified atom stereocenters. The van der Waals surface area contributed by atoms with Gasteiger partial charge in [0, 0.05) is 6.54 Å². The van der Waals surface area contributed by atoms with Crippen LogP contribution in [-0.4, -0.2) is 58.3 Å². The summed E-state index contributed by atoms with van der Waals surface area (Å²) in [5.74, 6) is 1.29. The van der Waals surface area contributed by atoms with Crippen molar-refractivity contribution in [1.29, 1.82) is 0 Å². The monoisotopic (exact) mass is 425 g/mol. The van der Waals surface area contributed by atoms with Crippen LogP contribution >= 0.6 is 24.8 Å². The molecule has 3 rings (SSSR count). The summed E-state index contributed by atoms with van der Waals surface area (Å²) in [5, 5.41) is 6.60. The van der Waals surface area contributed by atoms with Gasteiger partial charge in [-0.1, -0.05) is 6.08 Å². The fourth-order valence-corrected chi connectivity index (χ4v) is 4.22. The molecular formula is C17H29Cl2N3O3S. The Morgan fingerprint density at radius 1 is 1.15 bits per heavy atom. The van der Waals surface area contributed by atoms with Crippen molar-refractivity contribution in [2.45, 2.75) is 19.3 Å². The molecule has 0 aromatic carbocycles. The van der Waals surface area contributed by atoms with Crippen molar-refractivity contribution in [2.75, 3.05) is 45.6 Å². The third kappa shape index (κ3) is 6.16. The van der Waals surface area contributed by atoms with Crippen molar-refractivity contribution in [3.63, 3.8) is 0 Å². The van der Waals surface area contributed by atoms with Gasteiger partial charge in [0.05, 0.1) is 25.1 Å². The molecule has 9 heteroatoms. The average Bonchev–Trinajstić information content (AvgIpc) is 2.61. The first-order valence-electron chi connectivity index (χ1n) is 8.66. The Kier molecular flexibility index (Phi) is 9.47. The van der Waals surface area contributed by atoms with E-state index in [1.807, 2.05) is 12.2 Å². The number of nitrogens with one attached hydrogen (secondary N) is 2. The molecule has 0 aliphatic carbocycles. The van der Waals surface area contributed by atoms with E-state index in [0.29, 0.717) is 19.1 Å². The predicted octanol–water partition coefficient (Wildman–Crippen LogP) is 1.81. The lowest BCUT2D eigenvalue weighted by Gasteiger charge is -2.32. The minimum absolute atomic E-state index is 0. The number of allylic oxidation sites excluding steroid dienone is 3. The first kappa shape index (κ1) is 23.3. The minimum Gasteiger partial charge on any atom is -0.496 e. The second kappa shape index (κ2) is 10.6. The van der Waals surface area contributed by atoms with Gasteiger partial charge in [-0.05, 0) is 62.5 Å². The second-order valence-electron chi connectivity index (χ2n) is 6.64. The Hall–Kier alpha value is -0.730. The highest BCUT2D eigenvalue weighted by Crippen LogP contribution is 2.28. The lowest BCUT2D eigenvalue weighted by Crippen LogP contribution is -2.36. The number of rotatable bonds is 5. The van der Waals surface area contributed by atoms with E-state index in [1.165, 1.54) is 10.6 Å². The molecule has 0 aromatic heterocycles. The molecule has 0 atom stereocenters. The van der Waals surface area contributed by atoms with Gasteiger partial charge in [0.15, 0.2) is 0 Å². The van der Waals surface area contributed by atoms with Gasteiger partial charge in [-0.25, -0.2) is 8.42 Å². The van der Waals surface area contributed by atoms with E-state index in [9.17, 15) is 8.42 Å². The maximum Gasteiger partial charge on any atom is 0.232 e. The molecule has 1 saturated heterocycles. The third-order valence-electron chi connectivity index (χ3n) is 4.75. The van der Waals surface area contributed by atoms with E-state index < -0.39 is 10.0 Å². The smallest absolute Gasteiger partial charge is 0.232 e. The molecule has 0 amide bonds. The summed E-state index contributed by atoms with van der Waals surface area (Å²) in [5.41, 5.74) is 1.88. The Balaban J connectivity index is 0.00000169. The van der Waals surface area contributed by atoms with Crippen molar-refractivity contribution >= 4 is 34.8 Å². The fraction of sp³-hybridized carbons (Fsp3) is 0.647.